The summed E-state index contributed by atoms with van der Waals surface area (Å²) in [5, 5.41) is 3.56. The summed E-state index contributed by atoms with van der Waals surface area (Å²) >= 11 is 1.88. The predicted octanol–water partition coefficient (Wildman–Crippen LogP) is 4.20. The number of hydrogen-bond acceptors (Lipinski definition) is 3. The summed E-state index contributed by atoms with van der Waals surface area (Å²) in [4.78, 5) is 2.78. The molecule has 1 aromatic heterocycles. The van der Waals surface area contributed by atoms with Gasteiger partial charge in [0, 0.05) is 27.9 Å². The lowest BCUT2D eigenvalue weighted by atomic mass is 10.2. The third kappa shape index (κ3) is 3.62. The Labute approximate surface area is 124 Å². The van der Waals surface area contributed by atoms with Crippen LogP contribution in [0.25, 0.3) is 0 Å². The second-order valence-corrected chi connectivity index (χ2v) is 6.89. The molecule has 0 aliphatic heterocycles. The van der Waals surface area contributed by atoms with Crippen LogP contribution in [-0.4, -0.2) is 6.04 Å². The summed E-state index contributed by atoms with van der Waals surface area (Å²) in [5.41, 5.74) is 2.57. The Hall–Kier alpha value is -1.32. The first-order valence-corrected chi connectivity index (χ1v) is 8.03. The maximum atomic E-state index is 5.87. The van der Waals surface area contributed by atoms with Crippen molar-refractivity contribution < 1.29 is 4.74 Å². The number of ether oxygens (including phenoxy) is 1. The van der Waals surface area contributed by atoms with Crippen molar-refractivity contribution in [2.75, 3.05) is 0 Å². The predicted molar refractivity (Wildman–Crippen MR) is 84.4 cm³/mol. The van der Waals surface area contributed by atoms with Gasteiger partial charge in [0.05, 0.1) is 0 Å². The molecule has 3 rings (SSSR count). The van der Waals surface area contributed by atoms with E-state index in [0.29, 0.717) is 6.61 Å². The lowest BCUT2D eigenvalue weighted by Gasteiger charge is -2.05. The largest absolute Gasteiger partial charge is 0.489 e. The molecule has 0 radical (unpaired) electrons. The zero-order valence-electron chi connectivity index (χ0n) is 12.1. The summed E-state index contributed by atoms with van der Waals surface area (Å²) in [6, 6.07) is 11.3. The van der Waals surface area contributed by atoms with Gasteiger partial charge in [-0.1, -0.05) is 17.7 Å². The highest BCUT2D eigenvalue weighted by atomic mass is 32.1. The molecule has 1 aromatic carbocycles. The SMILES string of the molecule is Cc1ccc(OCc2cc(CNC3CC3)sc2C)cc1. The van der Waals surface area contributed by atoms with Gasteiger partial charge in [-0.3, -0.25) is 0 Å². The fraction of sp³-hybridized carbons (Fsp3) is 0.412. The van der Waals surface area contributed by atoms with E-state index >= 15 is 0 Å². The van der Waals surface area contributed by atoms with Gasteiger partial charge in [0.25, 0.3) is 0 Å². The van der Waals surface area contributed by atoms with E-state index < -0.39 is 0 Å². The van der Waals surface area contributed by atoms with Gasteiger partial charge in [0.1, 0.15) is 12.4 Å². The maximum absolute atomic E-state index is 5.87. The summed E-state index contributed by atoms with van der Waals surface area (Å²) in [6.45, 7) is 5.93. The molecule has 1 aliphatic rings. The Morgan fingerprint density at radius 2 is 1.95 bits per heavy atom. The van der Waals surface area contributed by atoms with E-state index in [0.717, 1.165) is 18.3 Å². The van der Waals surface area contributed by atoms with Crippen molar-refractivity contribution in [1.82, 2.24) is 5.32 Å². The van der Waals surface area contributed by atoms with Crippen LogP contribution >= 0.6 is 11.3 Å². The third-order valence-electron chi connectivity index (χ3n) is 3.63. The monoisotopic (exact) mass is 287 g/mol. The Bertz CT molecular complexity index is 569. The van der Waals surface area contributed by atoms with Gasteiger partial charge < -0.3 is 10.1 Å². The zero-order valence-corrected chi connectivity index (χ0v) is 12.9. The molecule has 1 N–H and O–H groups in total. The van der Waals surface area contributed by atoms with Crippen LogP contribution in [0.3, 0.4) is 0 Å². The minimum atomic E-state index is 0.662. The molecule has 0 atom stereocenters. The zero-order chi connectivity index (χ0) is 13.9. The van der Waals surface area contributed by atoms with Crippen LogP contribution in [0.5, 0.6) is 5.75 Å². The highest BCUT2D eigenvalue weighted by molar-refractivity contribution is 7.12. The second-order valence-electron chi connectivity index (χ2n) is 5.55. The fourth-order valence-corrected chi connectivity index (χ4v) is 3.14. The fourth-order valence-electron chi connectivity index (χ4n) is 2.15. The van der Waals surface area contributed by atoms with Gasteiger partial charge in [-0.2, -0.15) is 0 Å². The van der Waals surface area contributed by atoms with E-state index in [1.807, 2.05) is 23.5 Å². The van der Waals surface area contributed by atoms with Crippen molar-refractivity contribution >= 4 is 11.3 Å². The molecule has 3 heteroatoms. The molecule has 20 heavy (non-hydrogen) atoms. The second kappa shape index (κ2) is 5.98. The van der Waals surface area contributed by atoms with Crippen molar-refractivity contribution in [2.24, 2.45) is 0 Å². The highest BCUT2D eigenvalue weighted by Gasteiger charge is 2.20. The van der Waals surface area contributed by atoms with Gasteiger partial charge in [-0.05, 0) is 44.9 Å². The van der Waals surface area contributed by atoms with Crippen LogP contribution in [0.1, 0.15) is 33.7 Å². The molecule has 1 heterocycles. The van der Waals surface area contributed by atoms with Crippen LogP contribution in [-0.2, 0) is 13.2 Å². The van der Waals surface area contributed by atoms with Crippen molar-refractivity contribution in [3.63, 3.8) is 0 Å². The molecular formula is C17H21NOS. The van der Waals surface area contributed by atoms with E-state index in [4.69, 9.17) is 4.74 Å². The quantitative estimate of drug-likeness (QED) is 0.860. The van der Waals surface area contributed by atoms with Crippen LogP contribution in [0, 0.1) is 13.8 Å². The van der Waals surface area contributed by atoms with Gasteiger partial charge in [0.15, 0.2) is 0 Å². The highest BCUT2D eigenvalue weighted by Crippen LogP contribution is 2.25. The number of thiophene rings is 1. The lowest BCUT2D eigenvalue weighted by molar-refractivity contribution is 0.306. The molecule has 1 saturated carbocycles. The normalized spacial score (nSPS) is 14.5. The average molecular weight is 287 g/mol. The third-order valence-corrected chi connectivity index (χ3v) is 4.72. The first-order valence-electron chi connectivity index (χ1n) is 7.22. The molecule has 2 nitrogen and oxygen atoms in total. The Kier molecular flexibility index (Phi) is 4.08. The summed E-state index contributed by atoms with van der Waals surface area (Å²) in [6.07, 6.45) is 2.68. The number of rotatable bonds is 6. The Balaban J connectivity index is 1.57. The van der Waals surface area contributed by atoms with Gasteiger partial charge in [-0.15, -0.1) is 11.3 Å². The molecule has 0 saturated heterocycles. The standard InChI is InChI=1S/C17H21NOS/c1-12-3-7-16(8-4-12)19-11-14-9-17(20-13(14)2)10-18-15-5-6-15/h3-4,7-9,15,18H,5-6,10-11H2,1-2H3. The van der Waals surface area contributed by atoms with Gasteiger partial charge in [0.2, 0.25) is 0 Å². The lowest BCUT2D eigenvalue weighted by Crippen LogP contribution is -2.14. The first-order chi connectivity index (χ1) is 9.70. The van der Waals surface area contributed by atoms with Crippen molar-refractivity contribution in [1.29, 1.82) is 0 Å². The van der Waals surface area contributed by atoms with E-state index in [-0.39, 0.29) is 0 Å². The summed E-state index contributed by atoms with van der Waals surface area (Å²) < 4.78 is 5.87. The number of benzene rings is 1. The minimum Gasteiger partial charge on any atom is -0.489 e. The molecule has 0 spiro atoms. The van der Waals surface area contributed by atoms with E-state index in [9.17, 15) is 0 Å². The first kappa shape index (κ1) is 13.7. The van der Waals surface area contributed by atoms with Crippen molar-refractivity contribution in [3.8, 4) is 5.75 Å². The molecule has 1 aliphatic carbocycles. The van der Waals surface area contributed by atoms with E-state index in [1.54, 1.807) is 0 Å². The molecule has 1 fully saturated rings. The Morgan fingerprint density at radius 1 is 1.20 bits per heavy atom. The van der Waals surface area contributed by atoms with Crippen LogP contribution in [0.2, 0.25) is 0 Å². The van der Waals surface area contributed by atoms with Crippen molar-refractivity contribution in [3.05, 3.63) is 51.2 Å². The minimum absolute atomic E-state index is 0.662. The summed E-state index contributed by atoms with van der Waals surface area (Å²) in [7, 11) is 0. The van der Waals surface area contributed by atoms with Crippen molar-refractivity contribution in [2.45, 2.75) is 45.9 Å². The average Bonchev–Trinajstić information content (AvgIpc) is 3.20. The molecule has 2 aromatic rings. The smallest absolute Gasteiger partial charge is 0.119 e. The number of hydrogen-bond donors (Lipinski definition) is 1. The molecular weight excluding hydrogens is 266 g/mol. The van der Waals surface area contributed by atoms with Crippen LogP contribution in [0.15, 0.2) is 30.3 Å². The topological polar surface area (TPSA) is 21.3 Å². The maximum Gasteiger partial charge on any atom is 0.119 e. The Morgan fingerprint density at radius 3 is 2.65 bits per heavy atom. The van der Waals surface area contributed by atoms with E-state index in [2.05, 4.69) is 37.4 Å². The number of aryl methyl sites for hydroxylation is 2. The molecule has 0 amide bonds. The number of nitrogens with one attached hydrogen (secondary N) is 1. The molecule has 0 bridgehead atoms. The van der Waals surface area contributed by atoms with E-state index in [1.165, 1.54) is 33.7 Å². The molecule has 106 valence electrons. The molecule has 0 unspecified atom stereocenters. The summed E-state index contributed by atoms with van der Waals surface area (Å²) in [5.74, 6) is 0.943. The van der Waals surface area contributed by atoms with Crippen LogP contribution in [0.4, 0.5) is 0 Å². The van der Waals surface area contributed by atoms with Gasteiger partial charge in [-0.25, -0.2) is 0 Å². The van der Waals surface area contributed by atoms with Crippen LogP contribution < -0.4 is 10.1 Å². The van der Waals surface area contributed by atoms with Gasteiger partial charge >= 0.3 is 0 Å².